The van der Waals surface area contributed by atoms with E-state index in [0.717, 1.165) is 0 Å². The quantitative estimate of drug-likeness (QED) is 0.884. The number of halogens is 3. The van der Waals surface area contributed by atoms with Gasteiger partial charge in [-0.05, 0) is 31.9 Å². The number of nitrogens with two attached hydrogens (primary N) is 1. The summed E-state index contributed by atoms with van der Waals surface area (Å²) in [7, 11) is -3.76. The molecule has 4 nitrogen and oxygen atoms in total. The summed E-state index contributed by atoms with van der Waals surface area (Å²) in [5.74, 6) is 0. The predicted molar refractivity (Wildman–Crippen MR) is 82.0 cm³/mol. The van der Waals surface area contributed by atoms with Gasteiger partial charge in [0.15, 0.2) is 0 Å². The highest BCUT2D eigenvalue weighted by Gasteiger charge is 2.36. The summed E-state index contributed by atoms with van der Waals surface area (Å²) < 4.78 is 26.9. The molecule has 1 saturated heterocycles. The molecule has 1 aliphatic heterocycles. The summed E-state index contributed by atoms with van der Waals surface area (Å²) in [4.78, 5) is -0.0902. The molecular formula is C12H15Cl3N2O2S. The molecule has 1 aliphatic rings. The Morgan fingerprint density at radius 3 is 2.30 bits per heavy atom. The molecule has 0 aliphatic carbocycles. The third kappa shape index (κ3) is 3.08. The summed E-state index contributed by atoms with van der Waals surface area (Å²) in [6.45, 7) is 2.19. The monoisotopic (exact) mass is 356 g/mol. The van der Waals surface area contributed by atoms with E-state index in [0.29, 0.717) is 24.4 Å². The molecule has 0 bridgehead atoms. The lowest BCUT2D eigenvalue weighted by Crippen LogP contribution is -2.48. The van der Waals surface area contributed by atoms with E-state index in [4.69, 9.17) is 40.5 Å². The summed E-state index contributed by atoms with van der Waals surface area (Å²) in [5.41, 5.74) is 5.86. The van der Waals surface area contributed by atoms with Crippen LogP contribution in [0, 0.1) is 0 Å². The summed E-state index contributed by atoms with van der Waals surface area (Å²) in [6.07, 6.45) is 1.23. The van der Waals surface area contributed by atoms with Gasteiger partial charge in [-0.25, -0.2) is 8.42 Å². The maximum atomic E-state index is 12.7. The average Bonchev–Trinajstić information content (AvgIpc) is 2.25. The fourth-order valence-electron chi connectivity index (χ4n) is 2.44. The van der Waals surface area contributed by atoms with E-state index < -0.39 is 10.0 Å². The smallest absolute Gasteiger partial charge is 0.246 e. The van der Waals surface area contributed by atoms with Gasteiger partial charge in [0.05, 0.1) is 10.0 Å². The van der Waals surface area contributed by atoms with Crippen LogP contribution >= 0.6 is 34.8 Å². The van der Waals surface area contributed by atoms with Gasteiger partial charge in [0.25, 0.3) is 0 Å². The van der Waals surface area contributed by atoms with Crippen LogP contribution in [0.5, 0.6) is 0 Å². The third-order valence-electron chi connectivity index (χ3n) is 3.39. The van der Waals surface area contributed by atoms with Crippen LogP contribution in [0.1, 0.15) is 19.8 Å². The molecule has 20 heavy (non-hydrogen) atoms. The van der Waals surface area contributed by atoms with Crippen LogP contribution in [-0.2, 0) is 10.0 Å². The minimum Gasteiger partial charge on any atom is -0.328 e. The summed E-state index contributed by atoms with van der Waals surface area (Å²) in [5, 5.41) is 0.363. The topological polar surface area (TPSA) is 63.4 Å². The van der Waals surface area contributed by atoms with E-state index in [1.165, 1.54) is 16.4 Å². The third-order valence-corrected chi connectivity index (χ3v) is 6.54. The van der Waals surface area contributed by atoms with E-state index in [2.05, 4.69) is 0 Å². The van der Waals surface area contributed by atoms with Crippen molar-refractivity contribution in [3.8, 4) is 0 Å². The van der Waals surface area contributed by atoms with E-state index in [-0.39, 0.29) is 27.0 Å². The zero-order valence-corrected chi connectivity index (χ0v) is 13.9. The van der Waals surface area contributed by atoms with Crippen LogP contribution in [0.3, 0.4) is 0 Å². The number of hydrogen-bond acceptors (Lipinski definition) is 3. The van der Waals surface area contributed by atoms with Crippen molar-refractivity contribution in [1.29, 1.82) is 0 Å². The standard InChI is InChI=1S/C12H15Cl3N2O2S/c1-7-4-9(16)2-3-17(7)20(18,19)12-10(14)5-8(13)6-11(12)15/h5-7,9H,2-4,16H2,1H3. The van der Waals surface area contributed by atoms with Gasteiger partial charge in [-0.15, -0.1) is 0 Å². The molecule has 2 unspecified atom stereocenters. The number of rotatable bonds is 2. The molecule has 8 heteroatoms. The minimum absolute atomic E-state index is 0.0209. The summed E-state index contributed by atoms with van der Waals surface area (Å²) in [6, 6.07) is 2.59. The first kappa shape index (κ1) is 16.3. The Labute approximate surface area is 133 Å². The Balaban J connectivity index is 2.46. The second kappa shape index (κ2) is 5.99. The normalized spacial score (nSPS) is 24.9. The predicted octanol–water partition coefficient (Wildman–Crippen LogP) is 3.15. The van der Waals surface area contributed by atoms with Gasteiger partial charge < -0.3 is 5.73 Å². The minimum atomic E-state index is -3.76. The molecule has 1 aromatic rings. The van der Waals surface area contributed by atoms with Crippen LogP contribution in [0.2, 0.25) is 15.1 Å². The zero-order valence-electron chi connectivity index (χ0n) is 10.8. The molecule has 0 saturated carbocycles. The van der Waals surface area contributed by atoms with Gasteiger partial charge >= 0.3 is 0 Å². The van der Waals surface area contributed by atoms with Gasteiger partial charge in [-0.3, -0.25) is 0 Å². The second-order valence-electron chi connectivity index (χ2n) is 4.95. The molecule has 0 spiro atoms. The van der Waals surface area contributed by atoms with E-state index in [9.17, 15) is 8.42 Å². The molecule has 2 N–H and O–H groups in total. The van der Waals surface area contributed by atoms with Crippen molar-refractivity contribution >= 4 is 44.8 Å². The molecule has 0 radical (unpaired) electrons. The van der Waals surface area contributed by atoms with Gasteiger partial charge in [0.2, 0.25) is 10.0 Å². The number of benzene rings is 1. The van der Waals surface area contributed by atoms with Crippen molar-refractivity contribution in [3.63, 3.8) is 0 Å². The maximum absolute atomic E-state index is 12.7. The number of sulfonamides is 1. The molecular weight excluding hydrogens is 343 g/mol. The average molecular weight is 358 g/mol. The van der Waals surface area contributed by atoms with Crippen LogP contribution in [-0.4, -0.2) is 31.4 Å². The molecule has 2 rings (SSSR count). The fraction of sp³-hybridized carbons (Fsp3) is 0.500. The summed E-state index contributed by atoms with van der Waals surface area (Å²) >= 11 is 17.8. The SMILES string of the molecule is CC1CC(N)CCN1S(=O)(=O)c1c(Cl)cc(Cl)cc1Cl. The molecule has 1 aromatic carbocycles. The maximum Gasteiger partial charge on any atom is 0.246 e. The Kier molecular flexibility index (Phi) is 4.89. The first-order chi connectivity index (χ1) is 9.23. The van der Waals surface area contributed by atoms with Crippen molar-refractivity contribution in [2.45, 2.75) is 36.7 Å². The molecule has 112 valence electrons. The molecule has 0 amide bonds. The van der Waals surface area contributed by atoms with Gasteiger partial charge in [-0.1, -0.05) is 34.8 Å². The Morgan fingerprint density at radius 1 is 1.25 bits per heavy atom. The van der Waals surface area contributed by atoms with Gasteiger partial charge in [0, 0.05) is 23.7 Å². The Bertz CT molecular complexity index is 598. The molecule has 0 aromatic heterocycles. The van der Waals surface area contributed by atoms with E-state index >= 15 is 0 Å². The van der Waals surface area contributed by atoms with Crippen molar-refractivity contribution in [2.75, 3.05) is 6.54 Å². The van der Waals surface area contributed by atoms with Crippen LogP contribution in [0.15, 0.2) is 17.0 Å². The number of piperidine rings is 1. The second-order valence-corrected chi connectivity index (χ2v) is 8.03. The lowest BCUT2D eigenvalue weighted by atomic mass is 10.0. The van der Waals surface area contributed by atoms with E-state index in [1.54, 1.807) is 0 Å². The van der Waals surface area contributed by atoms with Crippen molar-refractivity contribution in [3.05, 3.63) is 27.2 Å². The van der Waals surface area contributed by atoms with E-state index in [1.807, 2.05) is 6.92 Å². The first-order valence-corrected chi connectivity index (χ1v) is 8.73. The molecule has 1 heterocycles. The number of nitrogens with zero attached hydrogens (tertiary/aromatic N) is 1. The van der Waals surface area contributed by atoms with Gasteiger partial charge in [0.1, 0.15) is 4.90 Å². The lowest BCUT2D eigenvalue weighted by molar-refractivity contribution is 0.247. The van der Waals surface area contributed by atoms with Crippen molar-refractivity contribution in [1.82, 2.24) is 4.31 Å². The van der Waals surface area contributed by atoms with Crippen LogP contribution in [0.25, 0.3) is 0 Å². The van der Waals surface area contributed by atoms with Crippen LogP contribution in [0.4, 0.5) is 0 Å². The van der Waals surface area contributed by atoms with Crippen LogP contribution < -0.4 is 5.73 Å². The number of hydrogen-bond donors (Lipinski definition) is 1. The van der Waals surface area contributed by atoms with Crippen molar-refractivity contribution < 1.29 is 8.42 Å². The van der Waals surface area contributed by atoms with Gasteiger partial charge in [-0.2, -0.15) is 4.31 Å². The van der Waals surface area contributed by atoms with Crippen molar-refractivity contribution in [2.24, 2.45) is 5.73 Å². The molecule has 2 atom stereocenters. The fourth-order valence-corrected chi connectivity index (χ4v) is 5.59. The highest BCUT2D eigenvalue weighted by Crippen LogP contribution is 2.36. The Hall–Kier alpha value is -0.0400. The largest absolute Gasteiger partial charge is 0.328 e. The molecule has 1 fully saturated rings. The Morgan fingerprint density at radius 2 is 1.80 bits per heavy atom. The zero-order chi connectivity index (χ0) is 15.1. The lowest BCUT2D eigenvalue weighted by Gasteiger charge is -2.35. The highest BCUT2D eigenvalue weighted by molar-refractivity contribution is 7.89. The highest BCUT2D eigenvalue weighted by atomic mass is 35.5. The first-order valence-electron chi connectivity index (χ1n) is 6.15.